The quantitative estimate of drug-likeness (QED) is 0.872. The summed E-state index contributed by atoms with van der Waals surface area (Å²) in [5.41, 5.74) is 0. The SMILES string of the molecule is C=CC(=O)N1CC(NC(=O)c2cc3sccc3s2)C(F)(F)C1. The molecule has 1 atom stereocenters. The van der Waals surface area contributed by atoms with E-state index in [1.165, 1.54) is 22.7 Å². The van der Waals surface area contributed by atoms with Crippen LogP contribution in [-0.4, -0.2) is 41.8 Å². The van der Waals surface area contributed by atoms with Gasteiger partial charge in [0.1, 0.15) is 6.04 Å². The van der Waals surface area contributed by atoms with Crippen LogP contribution in [0.4, 0.5) is 8.78 Å². The van der Waals surface area contributed by atoms with Gasteiger partial charge in [0.05, 0.1) is 11.4 Å². The van der Waals surface area contributed by atoms with Crippen LogP contribution in [0.15, 0.2) is 30.2 Å². The second-order valence-electron chi connectivity index (χ2n) is 4.97. The van der Waals surface area contributed by atoms with E-state index in [1.807, 2.05) is 11.4 Å². The van der Waals surface area contributed by atoms with Crippen LogP contribution in [0.2, 0.25) is 0 Å². The molecule has 2 aromatic rings. The summed E-state index contributed by atoms with van der Waals surface area (Å²) in [6.07, 6.45) is 0.994. The van der Waals surface area contributed by atoms with Crippen LogP contribution in [0.3, 0.4) is 0 Å². The molecule has 3 rings (SSSR count). The summed E-state index contributed by atoms with van der Waals surface area (Å²) in [6, 6.07) is 2.19. The van der Waals surface area contributed by atoms with Crippen LogP contribution in [0.5, 0.6) is 0 Å². The molecule has 0 bridgehead atoms. The predicted molar refractivity (Wildman–Crippen MR) is 82.7 cm³/mol. The van der Waals surface area contributed by atoms with Crippen molar-refractivity contribution in [3.8, 4) is 0 Å². The van der Waals surface area contributed by atoms with Crippen molar-refractivity contribution in [2.24, 2.45) is 0 Å². The smallest absolute Gasteiger partial charge is 0.286 e. The number of alkyl halides is 2. The molecule has 116 valence electrons. The molecule has 0 spiro atoms. The van der Waals surface area contributed by atoms with Gasteiger partial charge >= 0.3 is 0 Å². The van der Waals surface area contributed by atoms with Gasteiger partial charge in [0, 0.05) is 15.9 Å². The molecule has 3 heterocycles. The molecule has 1 saturated heterocycles. The van der Waals surface area contributed by atoms with Gasteiger partial charge in [0.2, 0.25) is 5.91 Å². The van der Waals surface area contributed by atoms with Gasteiger partial charge in [-0.15, -0.1) is 22.7 Å². The highest BCUT2D eigenvalue weighted by atomic mass is 32.1. The number of carbonyl (C=O) groups excluding carboxylic acids is 2. The summed E-state index contributed by atoms with van der Waals surface area (Å²) >= 11 is 2.76. The van der Waals surface area contributed by atoms with Gasteiger partial charge in [-0.25, -0.2) is 8.78 Å². The van der Waals surface area contributed by atoms with E-state index in [9.17, 15) is 18.4 Å². The van der Waals surface area contributed by atoms with Crippen LogP contribution >= 0.6 is 22.7 Å². The standard InChI is InChI=1S/C14H12F2N2O2S2/c1-2-12(19)18-6-11(14(15,16)7-18)17-13(20)10-5-9-8(22-10)3-4-21-9/h2-5,11H,1,6-7H2,(H,17,20). The average molecular weight is 342 g/mol. The third kappa shape index (κ3) is 2.64. The Labute approximate surface area is 133 Å². The third-order valence-electron chi connectivity index (χ3n) is 3.47. The van der Waals surface area contributed by atoms with Crippen molar-refractivity contribution in [3.63, 3.8) is 0 Å². The molecular formula is C14H12F2N2O2S2. The van der Waals surface area contributed by atoms with E-state index in [0.717, 1.165) is 20.4 Å². The summed E-state index contributed by atoms with van der Waals surface area (Å²) in [5.74, 6) is -4.25. The number of halogens is 2. The van der Waals surface area contributed by atoms with Crippen molar-refractivity contribution in [2.45, 2.75) is 12.0 Å². The summed E-state index contributed by atoms with van der Waals surface area (Å²) < 4.78 is 29.8. The Bertz CT molecular complexity index is 724. The first-order chi connectivity index (χ1) is 10.4. The Morgan fingerprint density at radius 2 is 2.23 bits per heavy atom. The zero-order valence-electron chi connectivity index (χ0n) is 11.3. The summed E-state index contributed by atoms with van der Waals surface area (Å²) in [6.45, 7) is 2.36. The fourth-order valence-corrected chi connectivity index (χ4v) is 4.35. The molecule has 4 nitrogen and oxygen atoms in total. The first-order valence-corrected chi connectivity index (χ1v) is 8.17. The molecule has 0 aromatic carbocycles. The van der Waals surface area contributed by atoms with E-state index in [2.05, 4.69) is 11.9 Å². The van der Waals surface area contributed by atoms with Crippen molar-refractivity contribution in [1.29, 1.82) is 0 Å². The monoisotopic (exact) mass is 342 g/mol. The molecule has 8 heteroatoms. The van der Waals surface area contributed by atoms with Crippen molar-refractivity contribution >= 4 is 43.9 Å². The zero-order chi connectivity index (χ0) is 15.9. The van der Waals surface area contributed by atoms with Crippen molar-refractivity contribution < 1.29 is 18.4 Å². The topological polar surface area (TPSA) is 49.4 Å². The highest BCUT2D eigenvalue weighted by Crippen LogP contribution is 2.31. The number of nitrogens with zero attached hydrogens (tertiary/aromatic N) is 1. The van der Waals surface area contributed by atoms with Crippen LogP contribution in [0, 0.1) is 0 Å². The van der Waals surface area contributed by atoms with Crippen LogP contribution in [0.25, 0.3) is 9.40 Å². The second kappa shape index (κ2) is 5.44. The summed E-state index contributed by atoms with van der Waals surface area (Å²) in [4.78, 5) is 25.0. The molecule has 1 unspecified atom stereocenters. The molecule has 1 N–H and O–H groups in total. The van der Waals surface area contributed by atoms with E-state index in [4.69, 9.17) is 0 Å². The van der Waals surface area contributed by atoms with Gasteiger partial charge in [-0.2, -0.15) is 0 Å². The Kier molecular flexibility index (Phi) is 3.73. The van der Waals surface area contributed by atoms with E-state index in [0.29, 0.717) is 4.88 Å². The van der Waals surface area contributed by atoms with Crippen LogP contribution in [0.1, 0.15) is 9.67 Å². The number of likely N-dealkylation sites (tertiary alicyclic amines) is 1. The molecule has 1 aliphatic rings. The normalized spacial score (nSPS) is 20.3. The highest BCUT2D eigenvalue weighted by Gasteiger charge is 2.50. The summed E-state index contributed by atoms with van der Waals surface area (Å²) in [7, 11) is 0. The summed E-state index contributed by atoms with van der Waals surface area (Å²) in [5, 5.41) is 4.25. The molecule has 0 radical (unpaired) electrons. The molecular weight excluding hydrogens is 330 g/mol. The van der Waals surface area contributed by atoms with Crippen LogP contribution in [-0.2, 0) is 4.79 Å². The molecule has 2 aromatic heterocycles. The van der Waals surface area contributed by atoms with Gasteiger partial charge in [-0.05, 0) is 23.6 Å². The fraction of sp³-hybridized carbons (Fsp3) is 0.286. The number of nitrogens with one attached hydrogen (secondary N) is 1. The maximum atomic E-state index is 13.9. The minimum Gasteiger partial charge on any atom is -0.341 e. The maximum absolute atomic E-state index is 13.9. The molecule has 22 heavy (non-hydrogen) atoms. The van der Waals surface area contributed by atoms with Crippen molar-refractivity contribution in [2.75, 3.05) is 13.1 Å². The van der Waals surface area contributed by atoms with E-state index < -0.39 is 30.3 Å². The van der Waals surface area contributed by atoms with Crippen molar-refractivity contribution in [3.05, 3.63) is 35.0 Å². The number of rotatable bonds is 3. The molecule has 0 aliphatic carbocycles. The second-order valence-corrected chi connectivity index (χ2v) is 7.00. The zero-order valence-corrected chi connectivity index (χ0v) is 13.0. The van der Waals surface area contributed by atoms with E-state index in [1.54, 1.807) is 6.07 Å². The van der Waals surface area contributed by atoms with E-state index >= 15 is 0 Å². The molecule has 0 saturated carbocycles. The molecule has 1 aliphatic heterocycles. The number of carbonyl (C=O) groups is 2. The Morgan fingerprint density at radius 3 is 2.91 bits per heavy atom. The lowest BCUT2D eigenvalue weighted by molar-refractivity contribution is -0.126. The van der Waals surface area contributed by atoms with Gasteiger partial charge in [-0.3, -0.25) is 9.59 Å². The Morgan fingerprint density at radius 1 is 1.45 bits per heavy atom. The van der Waals surface area contributed by atoms with Gasteiger partial charge in [-0.1, -0.05) is 6.58 Å². The van der Waals surface area contributed by atoms with Gasteiger partial charge in [0.15, 0.2) is 0 Å². The number of fused-ring (bicyclic) bond motifs is 1. The minimum absolute atomic E-state index is 0.219. The van der Waals surface area contributed by atoms with Crippen LogP contribution < -0.4 is 5.32 Å². The number of thiophene rings is 2. The lowest BCUT2D eigenvalue weighted by Gasteiger charge is -2.18. The molecule has 1 fully saturated rings. The number of hydrogen-bond acceptors (Lipinski definition) is 4. The lowest BCUT2D eigenvalue weighted by Crippen LogP contribution is -2.46. The number of amides is 2. The lowest BCUT2D eigenvalue weighted by atomic mass is 10.2. The Balaban J connectivity index is 1.74. The minimum atomic E-state index is -3.15. The fourth-order valence-electron chi connectivity index (χ4n) is 2.34. The number of hydrogen-bond donors (Lipinski definition) is 1. The predicted octanol–water partition coefficient (Wildman–Crippen LogP) is 2.72. The Hall–Kier alpha value is -1.80. The van der Waals surface area contributed by atoms with Crippen molar-refractivity contribution in [1.82, 2.24) is 10.2 Å². The third-order valence-corrected chi connectivity index (χ3v) is 5.56. The highest BCUT2D eigenvalue weighted by molar-refractivity contribution is 7.27. The maximum Gasteiger partial charge on any atom is 0.286 e. The van der Waals surface area contributed by atoms with Gasteiger partial charge in [0.25, 0.3) is 11.8 Å². The molecule has 2 amide bonds. The largest absolute Gasteiger partial charge is 0.341 e. The average Bonchev–Trinajstić information content (AvgIpc) is 3.11. The van der Waals surface area contributed by atoms with Gasteiger partial charge < -0.3 is 10.2 Å². The first kappa shape index (κ1) is 15.1. The first-order valence-electron chi connectivity index (χ1n) is 6.48. The van der Waals surface area contributed by atoms with E-state index in [-0.39, 0.29) is 6.54 Å².